The molecule has 0 saturated heterocycles. The molecule has 0 heterocycles. The molecule has 6 heteroatoms. The van der Waals surface area contributed by atoms with Gasteiger partial charge in [0, 0.05) is 12.2 Å². The van der Waals surface area contributed by atoms with E-state index in [2.05, 4.69) is 16.1 Å². The third kappa shape index (κ3) is 4.32. The van der Waals surface area contributed by atoms with Gasteiger partial charge in [0.25, 0.3) is 0 Å². The van der Waals surface area contributed by atoms with Crippen molar-refractivity contribution in [3.05, 3.63) is 45.7 Å². The van der Waals surface area contributed by atoms with Gasteiger partial charge in [-0.05, 0) is 56.9 Å². The van der Waals surface area contributed by atoms with E-state index in [0.29, 0.717) is 12.2 Å². The number of esters is 1. The molecule has 0 radical (unpaired) electrons. The summed E-state index contributed by atoms with van der Waals surface area (Å²) in [6, 6.07) is 3.60. The summed E-state index contributed by atoms with van der Waals surface area (Å²) in [4.78, 5) is 23.7. The minimum Gasteiger partial charge on any atom is -0.466 e. The number of carbonyl (C=O) groups is 2. The number of rotatable bonds is 4. The maximum Gasteiger partial charge on any atom is 0.336 e. The van der Waals surface area contributed by atoms with Gasteiger partial charge in [-0.2, -0.15) is 0 Å². The molecule has 0 saturated carbocycles. The van der Waals surface area contributed by atoms with Crippen LogP contribution in [0.1, 0.15) is 36.1 Å². The first-order valence-electron chi connectivity index (χ1n) is 7.34. The molecule has 1 aromatic rings. The highest BCUT2D eigenvalue weighted by Gasteiger charge is 2.17. The molecule has 0 bridgehead atoms. The van der Waals surface area contributed by atoms with E-state index < -0.39 is 12.0 Å². The SMILES string of the molecule is COC(=O)/C(C)=C(/C)N(N)C(=O)NCc1c(C)ccc(C)c1C. The number of nitrogens with one attached hydrogen (secondary N) is 1. The Balaban J connectivity index is 2.86. The number of carbonyl (C=O) groups excluding carboxylic acids is 2. The average molecular weight is 319 g/mol. The maximum absolute atomic E-state index is 12.2. The number of urea groups is 1. The number of amides is 2. The second-order valence-electron chi connectivity index (χ2n) is 5.53. The number of ether oxygens (including phenoxy) is 1. The van der Waals surface area contributed by atoms with Crippen molar-refractivity contribution in [1.29, 1.82) is 0 Å². The molecule has 0 atom stereocenters. The van der Waals surface area contributed by atoms with Crippen LogP contribution in [0, 0.1) is 20.8 Å². The van der Waals surface area contributed by atoms with Crippen LogP contribution >= 0.6 is 0 Å². The van der Waals surface area contributed by atoms with Crippen molar-refractivity contribution in [1.82, 2.24) is 10.3 Å². The van der Waals surface area contributed by atoms with E-state index in [1.165, 1.54) is 12.7 Å². The van der Waals surface area contributed by atoms with E-state index in [9.17, 15) is 9.59 Å². The van der Waals surface area contributed by atoms with Crippen LogP contribution in [0.15, 0.2) is 23.4 Å². The summed E-state index contributed by atoms with van der Waals surface area (Å²) in [5.41, 5.74) is 5.11. The van der Waals surface area contributed by atoms with Crippen LogP contribution < -0.4 is 11.2 Å². The lowest BCUT2D eigenvalue weighted by molar-refractivity contribution is -0.136. The number of nitrogens with zero attached hydrogens (tertiary/aromatic N) is 1. The van der Waals surface area contributed by atoms with E-state index >= 15 is 0 Å². The molecule has 0 aliphatic heterocycles. The summed E-state index contributed by atoms with van der Waals surface area (Å²) in [5.74, 6) is 5.26. The van der Waals surface area contributed by atoms with Crippen LogP contribution in [-0.4, -0.2) is 24.1 Å². The van der Waals surface area contributed by atoms with Crippen molar-refractivity contribution in [2.75, 3.05) is 7.11 Å². The Hall–Kier alpha value is -2.34. The summed E-state index contributed by atoms with van der Waals surface area (Å²) >= 11 is 0. The second-order valence-corrected chi connectivity index (χ2v) is 5.53. The van der Waals surface area contributed by atoms with Crippen LogP contribution in [-0.2, 0) is 16.1 Å². The monoisotopic (exact) mass is 319 g/mol. The fourth-order valence-electron chi connectivity index (χ4n) is 2.16. The first-order valence-corrected chi connectivity index (χ1v) is 7.34. The van der Waals surface area contributed by atoms with Gasteiger partial charge < -0.3 is 10.1 Å². The lowest BCUT2D eigenvalue weighted by Crippen LogP contribution is -2.43. The van der Waals surface area contributed by atoms with Crippen molar-refractivity contribution in [2.24, 2.45) is 5.84 Å². The molecule has 0 aliphatic carbocycles. The largest absolute Gasteiger partial charge is 0.466 e. The van der Waals surface area contributed by atoms with Crippen molar-refractivity contribution in [2.45, 2.75) is 41.2 Å². The summed E-state index contributed by atoms with van der Waals surface area (Å²) in [5, 5.41) is 3.70. The van der Waals surface area contributed by atoms with Crippen molar-refractivity contribution < 1.29 is 14.3 Å². The lowest BCUT2D eigenvalue weighted by atomic mass is 9.98. The van der Waals surface area contributed by atoms with E-state index in [-0.39, 0.29) is 5.57 Å². The van der Waals surface area contributed by atoms with Crippen LogP contribution in [0.4, 0.5) is 4.79 Å². The molecule has 0 spiro atoms. The zero-order valence-corrected chi connectivity index (χ0v) is 14.6. The van der Waals surface area contributed by atoms with Gasteiger partial charge >= 0.3 is 12.0 Å². The smallest absolute Gasteiger partial charge is 0.336 e. The summed E-state index contributed by atoms with van der Waals surface area (Å²) in [6.45, 7) is 9.58. The Morgan fingerprint density at radius 1 is 1.17 bits per heavy atom. The maximum atomic E-state index is 12.2. The quantitative estimate of drug-likeness (QED) is 0.293. The van der Waals surface area contributed by atoms with Gasteiger partial charge in [0.1, 0.15) is 0 Å². The molecule has 1 aromatic carbocycles. The van der Waals surface area contributed by atoms with Gasteiger partial charge in [0.05, 0.1) is 12.7 Å². The fraction of sp³-hybridized carbons (Fsp3) is 0.412. The van der Waals surface area contributed by atoms with Crippen molar-refractivity contribution >= 4 is 12.0 Å². The Bertz CT molecular complexity index is 651. The molecule has 6 nitrogen and oxygen atoms in total. The highest BCUT2D eigenvalue weighted by Crippen LogP contribution is 2.17. The molecule has 0 aromatic heterocycles. The Morgan fingerprint density at radius 3 is 2.30 bits per heavy atom. The van der Waals surface area contributed by atoms with E-state index in [0.717, 1.165) is 21.7 Å². The van der Waals surface area contributed by atoms with E-state index in [4.69, 9.17) is 5.84 Å². The molecule has 0 aliphatic rings. The number of methoxy groups -OCH3 is 1. The van der Waals surface area contributed by atoms with Crippen LogP contribution in [0.2, 0.25) is 0 Å². The zero-order valence-electron chi connectivity index (χ0n) is 14.6. The van der Waals surface area contributed by atoms with E-state index in [1.807, 2.05) is 26.8 Å². The highest BCUT2D eigenvalue weighted by atomic mass is 16.5. The standard InChI is InChI=1S/C17H25N3O3/c1-10-7-8-11(2)15(12(10)3)9-19-17(22)20(18)14(5)13(4)16(21)23-6/h7-8H,9,18H2,1-6H3,(H,19,22)/b14-13-. The molecule has 23 heavy (non-hydrogen) atoms. The predicted molar refractivity (Wildman–Crippen MR) is 89.3 cm³/mol. The Kier molecular flexibility index (Phi) is 6.33. The molecule has 126 valence electrons. The van der Waals surface area contributed by atoms with Gasteiger partial charge in [-0.3, -0.25) is 0 Å². The van der Waals surface area contributed by atoms with Gasteiger partial charge in [0.2, 0.25) is 0 Å². The number of hydrogen-bond acceptors (Lipinski definition) is 4. The minimum atomic E-state index is -0.517. The van der Waals surface area contributed by atoms with Gasteiger partial charge in [-0.25, -0.2) is 20.4 Å². The first-order chi connectivity index (χ1) is 10.7. The number of benzene rings is 1. The number of hydrazine groups is 1. The topological polar surface area (TPSA) is 84.7 Å². The second kappa shape index (κ2) is 7.78. The van der Waals surface area contributed by atoms with Crippen molar-refractivity contribution in [3.63, 3.8) is 0 Å². The average Bonchev–Trinajstić information content (AvgIpc) is 2.55. The number of aryl methyl sites for hydroxylation is 2. The summed E-state index contributed by atoms with van der Waals surface area (Å²) < 4.78 is 4.63. The number of hydrogen-bond donors (Lipinski definition) is 2. The van der Waals surface area contributed by atoms with Gasteiger partial charge in [-0.15, -0.1) is 0 Å². The Morgan fingerprint density at radius 2 is 1.74 bits per heavy atom. The molecule has 2 amide bonds. The molecule has 0 fully saturated rings. The predicted octanol–water partition coefficient (Wildman–Crippen LogP) is 2.46. The number of nitrogens with two attached hydrogens (primary N) is 1. The van der Waals surface area contributed by atoms with Crippen LogP contribution in [0.3, 0.4) is 0 Å². The normalized spacial score (nSPS) is 11.6. The van der Waals surface area contributed by atoms with Crippen LogP contribution in [0.5, 0.6) is 0 Å². The fourth-order valence-corrected chi connectivity index (χ4v) is 2.16. The van der Waals surface area contributed by atoms with Gasteiger partial charge in [0.15, 0.2) is 0 Å². The summed E-state index contributed by atoms with van der Waals surface area (Å²) in [7, 11) is 1.28. The molecular weight excluding hydrogens is 294 g/mol. The summed E-state index contributed by atoms with van der Waals surface area (Å²) in [6.07, 6.45) is 0. The first kappa shape index (κ1) is 18.7. The van der Waals surface area contributed by atoms with Gasteiger partial charge in [-0.1, -0.05) is 12.1 Å². The third-order valence-corrected chi connectivity index (χ3v) is 4.13. The minimum absolute atomic E-state index is 0.285. The molecule has 0 unspecified atom stereocenters. The number of allylic oxidation sites excluding steroid dienone is 1. The van der Waals surface area contributed by atoms with E-state index in [1.54, 1.807) is 13.8 Å². The zero-order chi connectivity index (χ0) is 17.7. The molecular formula is C17H25N3O3. The van der Waals surface area contributed by atoms with Crippen molar-refractivity contribution in [3.8, 4) is 0 Å². The lowest BCUT2D eigenvalue weighted by Gasteiger charge is -2.20. The Labute approximate surface area is 137 Å². The molecule has 3 N–H and O–H groups in total. The van der Waals surface area contributed by atoms with Crippen LogP contribution in [0.25, 0.3) is 0 Å². The third-order valence-electron chi connectivity index (χ3n) is 4.13. The molecule has 1 rings (SSSR count). The highest BCUT2D eigenvalue weighted by molar-refractivity contribution is 5.89.